The van der Waals surface area contributed by atoms with Crippen molar-refractivity contribution in [1.29, 1.82) is 5.26 Å². The second-order valence-corrected chi connectivity index (χ2v) is 8.38. The Kier molecular flexibility index (Phi) is 7.56. The number of hydrogen-bond acceptors (Lipinski definition) is 11. The number of anilines is 1. The highest BCUT2D eigenvalue weighted by atomic mass is 16.7. The molecular formula is C23H24N8O6. The van der Waals surface area contributed by atoms with Crippen LogP contribution < -0.4 is 16.0 Å². The molecule has 3 heterocycles. The number of ether oxygens (including phenoxy) is 2. The van der Waals surface area contributed by atoms with Crippen molar-refractivity contribution in [2.24, 2.45) is 0 Å². The van der Waals surface area contributed by atoms with Crippen LogP contribution in [0.15, 0.2) is 24.3 Å². The average molecular weight is 508 g/mol. The molecule has 2 aromatic heterocycles. The zero-order chi connectivity index (χ0) is 26.5. The van der Waals surface area contributed by atoms with E-state index < -0.39 is 12.0 Å². The van der Waals surface area contributed by atoms with Crippen molar-refractivity contribution in [3.05, 3.63) is 47.0 Å². The van der Waals surface area contributed by atoms with Crippen LogP contribution in [-0.4, -0.2) is 61.2 Å². The van der Waals surface area contributed by atoms with E-state index in [4.69, 9.17) is 20.0 Å². The fourth-order valence-electron chi connectivity index (χ4n) is 3.60. The molecular weight excluding hydrogens is 484 g/mol. The number of rotatable bonds is 8. The fourth-order valence-corrected chi connectivity index (χ4v) is 3.60. The largest absolute Gasteiger partial charge is 0.471 e. The molecule has 4 N–H and O–H groups in total. The molecule has 1 aliphatic heterocycles. The van der Waals surface area contributed by atoms with Gasteiger partial charge >= 0.3 is 6.09 Å². The van der Waals surface area contributed by atoms with Crippen LogP contribution in [0, 0.1) is 11.3 Å². The van der Waals surface area contributed by atoms with E-state index in [0.717, 1.165) is 4.57 Å². The number of hydroxylamine groups is 1. The lowest BCUT2D eigenvalue weighted by atomic mass is 10.1. The van der Waals surface area contributed by atoms with Crippen LogP contribution in [-0.2, 0) is 16.2 Å². The third kappa shape index (κ3) is 5.63. The van der Waals surface area contributed by atoms with Crippen LogP contribution >= 0.6 is 0 Å². The summed E-state index contributed by atoms with van der Waals surface area (Å²) in [5.41, 5.74) is 9.09. The first kappa shape index (κ1) is 25.5. The Morgan fingerprint density at radius 1 is 1.35 bits per heavy atom. The minimum absolute atomic E-state index is 0.0203. The molecule has 1 atom stereocenters. The molecule has 0 saturated carbocycles. The number of carbonyl (C=O) groups is 2. The first-order valence-electron chi connectivity index (χ1n) is 11.3. The number of carboxylic acid groups (broad SMARTS) is 1. The topological polar surface area (TPSA) is 200 Å². The van der Waals surface area contributed by atoms with Crippen LogP contribution in [0.1, 0.15) is 53.8 Å². The van der Waals surface area contributed by atoms with E-state index in [-0.39, 0.29) is 53.4 Å². The summed E-state index contributed by atoms with van der Waals surface area (Å²) in [6.45, 7) is 3.97. The Morgan fingerprint density at radius 3 is 2.84 bits per heavy atom. The number of nitrogens with one attached hydrogen (secondary N) is 1. The zero-order valence-corrected chi connectivity index (χ0v) is 20.0. The van der Waals surface area contributed by atoms with Gasteiger partial charge in [-0.1, -0.05) is 26.0 Å². The van der Waals surface area contributed by atoms with Crippen LogP contribution in [0.25, 0.3) is 11.4 Å². The second-order valence-electron chi connectivity index (χ2n) is 8.38. The van der Waals surface area contributed by atoms with Crippen LogP contribution in [0.2, 0.25) is 0 Å². The fraction of sp³-hybridized carbons (Fsp3) is 0.348. The molecule has 1 saturated heterocycles. The molecule has 0 aliphatic carbocycles. The summed E-state index contributed by atoms with van der Waals surface area (Å²) in [7, 11) is 0. The van der Waals surface area contributed by atoms with E-state index >= 15 is 0 Å². The molecule has 1 aliphatic rings. The van der Waals surface area contributed by atoms with Crippen molar-refractivity contribution in [3.8, 4) is 23.3 Å². The number of nitrogens with two attached hydrogens (primary N) is 1. The lowest BCUT2D eigenvalue weighted by Gasteiger charge is -2.16. The van der Waals surface area contributed by atoms with Gasteiger partial charge in [0.1, 0.15) is 29.9 Å². The second kappa shape index (κ2) is 11.0. The van der Waals surface area contributed by atoms with Crippen molar-refractivity contribution >= 4 is 17.8 Å². The standard InChI is InChI=1S/C23H24N8O6/c1-12(2)20-29-28-16(31(20)23(33)34)11-36-30-21(32)17-18(25)26-19(14-5-3-4-13(8-14)9-24)27-22(17)37-15-6-7-35-10-15/h3-5,8,12,15H,6-7,10-11H2,1-2H3,(H,30,32)(H,33,34)(H2,25,26,27)/t15-/m0/s1. The van der Waals surface area contributed by atoms with Crippen molar-refractivity contribution in [2.75, 3.05) is 18.9 Å². The van der Waals surface area contributed by atoms with Gasteiger partial charge in [-0.3, -0.25) is 9.63 Å². The number of benzene rings is 1. The highest BCUT2D eigenvalue weighted by molar-refractivity contribution is 6.00. The number of nitrogen functional groups attached to an aromatic ring is 1. The lowest BCUT2D eigenvalue weighted by Crippen LogP contribution is -2.28. The molecule has 1 amide bonds. The van der Waals surface area contributed by atoms with Gasteiger partial charge in [-0.15, -0.1) is 10.2 Å². The van der Waals surface area contributed by atoms with E-state index in [2.05, 4.69) is 25.6 Å². The predicted molar refractivity (Wildman–Crippen MR) is 126 cm³/mol. The zero-order valence-electron chi connectivity index (χ0n) is 20.0. The average Bonchev–Trinajstić information content (AvgIpc) is 3.54. The molecule has 14 heteroatoms. The maximum Gasteiger partial charge on any atom is 0.418 e. The molecule has 37 heavy (non-hydrogen) atoms. The number of hydrogen-bond donors (Lipinski definition) is 3. The summed E-state index contributed by atoms with van der Waals surface area (Å²) in [5, 5.41) is 26.4. The number of amides is 1. The van der Waals surface area contributed by atoms with Crippen molar-refractivity contribution in [3.63, 3.8) is 0 Å². The molecule has 0 unspecified atom stereocenters. The van der Waals surface area contributed by atoms with Gasteiger partial charge in [0.25, 0.3) is 5.91 Å². The van der Waals surface area contributed by atoms with Crippen LogP contribution in [0.4, 0.5) is 10.6 Å². The molecule has 192 valence electrons. The number of nitriles is 1. The van der Waals surface area contributed by atoms with E-state index in [1.165, 1.54) is 0 Å². The summed E-state index contributed by atoms with van der Waals surface area (Å²) in [6.07, 6.45) is -1.05. The first-order chi connectivity index (χ1) is 17.8. The quantitative estimate of drug-likeness (QED) is 0.373. The Bertz CT molecular complexity index is 1360. The van der Waals surface area contributed by atoms with Gasteiger partial charge in [0, 0.05) is 17.9 Å². The van der Waals surface area contributed by atoms with Crippen LogP contribution in [0.3, 0.4) is 0 Å². The third-order valence-corrected chi connectivity index (χ3v) is 5.38. The Morgan fingerprint density at radius 2 is 2.16 bits per heavy atom. The summed E-state index contributed by atoms with van der Waals surface area (Å²) in [4.78, 5) is 38.5. The Hall–Kier alpha value is -4.61. The van der Waals surface area contributed by atoms with Gasteiger partial charge in [-0.05, 0) is 12.1 Å². The molecule has 0 radical (unpaired) electrons. The SMILES string of the molecule is CC(C)c1nnc(CONC(=O)c2c(N)nc(-c3cccc(C#N)c3)nc2O[C@H]2CCOC2)n1C(=O)O. The first-order valence-corrected chi connectivity index (χ1v) is 11.3. The molecule has 0 bridgehead atoms. The van der Waals surface area contributed by atoms with Gasteiger partial charge in [-0.25, -0.2) is 19.8 Å². The number of carbonyl (C=O) groups excluding carboxylic acids is 1. The van der Waals surface area contributed by atoms with E-state index in [1.807, 2.05) is 6.07 Å². The van der Waals surface area contributed by atoms with E-state index in [1.54, 1.807) is 38.1 Å². The Balaban J connectivity index is 1.58. The molecule has 0 spiro atoms. The maximum atomic E-state index is 13.0. The van der Waals surface area contributed by atoms with Gasteiger partial charge in [-0.2, -0.15) is 10.2 Å². The molecule has 3 aromatic rings. The van der Waals surface area contributed by atoms with Crippen LogP contribution in [0.5, 0.6) is 5.88 Å². The lowest BCUT2D eigenvalue weighted by molar-refractivity contribution is 0.0196. The summed E-state index contributed by atoms with van der Waals surface area (Å²) in [6, 6.07) is 8.64. The summed E-state index contributed by atoms with van der Waals surface area (Å²) < 4.78 is 12.2. The van der Waals surface area contributed by atoms with Crippen molar-refractivity contribution < 1.29 is 29.0 Å². The minimum atomic E-state index is -1.28. The van der Waals surface area contributed by atoms with E-state index in [0.29, 0.717) is 30.8 Å². The van der Waals surface area contributed by atoms with Crippen molar-refractivity contribution in [2.45, 2.75) is 38.9 Å². The molecule has 14 nitrogen and oxygen atoms in total. The van der Waals surface area contributed by atoms with Gasteiger partial charge in [0.15, 0.2) is 11.6 Å². The summed E-state index contributed by atoms with van der Waals surface area (Å²) >= 11 is 0. The monoisotopic (exact) mass is 508 g/mol. The van der Waals surface area contributed by atoms with Gasteiger partial charge in [0.2, 0.25) is 5.88 Å². The highest BCUT2D eigenvalue weighted by Gasteiger charge is 2.27. The highest BCUT2D eigenvalue weighted by Crippen LogP contribution is 2.28. The van der Waals surface area contributed by atoms with Crippen molar-refractivity contribution in [1.82, 2.24) is 30.2 Å². The molecule has 1 aromatic carbocycles. The van der Waals surface area contributed by atoms with E-state index in [9.17, 15) is 20.0 Å². The predicted octanol–water partition coefficient (Wildman–Crippen LogP) is 1.87. The normalized spacial score (nSPS) is 14.9. The smallest absolute Gasteiger partial charge is 0.418 e. The van der Waals surface area contributed by atoms with Gasteiger partial charge < -0.3 is 20.3 Å². The maximum absolute atomic E-state index is 13.0. The minimum Gasteiger partial charge on any atom is -0.471 e. The van der Waals surface area contributed by atoms with Gasteiger partial charge in [0.05, 0.1) is 24.8 Å². The molecule has 1 fully saturated rings. The summed E-state index contributed by atoms with van der Waals surface area (Å²) in [5.74, 6) is -0.898. The third-order valence-electron chi connectivity index (χ3n) is 5.38. The molecule has 4 rings (SSSR count). The number of nitrogens with zero attached hydrogens (tertiary/aromatic N) is 6. The Labute approximate surface area is 211 Å². The number of aromatic nitrogens is 5.